The van der Waals surface area contributed by atoms with Crippen LogP contribution in [0.15, 0.2) is 190 Å². The Labute approximate surface area is 309 Å². The lowest BCUT2D eigenvalue weighted by molar-refractivity contribution is 0.631. The first kappa shape index (κ1) is 17.7. The van der Waals surface area contributed by atoms with Gasteiger partial charge >= 0.3 is 0 Å². The lowest BCUT2D eigenvalue weighted by atomic mass is 9.84. The molecule has 0 atom stereocenters. The van der Waals surface area contributed by atoms with Gasteiger partial charge in [0.15, 0.2) is 0 Å². The van der Waals surface area contributed by atoms with Gasteiger partial charge in [-0.25, -0.2) is 0 Å². The van der Waals surface area contributed by atoms with E-state index in [0.717, 1.165) is 0 Å². The van der Waals surface area contributed by atoms with Crippen molar-refractivity contribution in [3.8, 4) is 56.0 Å². The van der Waals surface area contributed by atoms with Gasteiger partial charge in [-0.15, -0.1) is 0 Å². The van der Waals surface area contributed by atoms with E-state index in [1.165, 1.54) is 0 Å². The predicted molar refractivity (Wildman–Crippen MR) is 208 cm³/mol. The molecule has 2 heteroatoms. The van der Waals surface area contributed by atoms with E-state index in [1.54, 1.807) is 42.5 Å². The van der Waals surface area contributed by atoms with E-state index >= 15 is 0 Å². The molecule has 0 bridgehead atoms. The Kier molecular flexibility index (Phi) is 4.07. The first-order valence-corrected chi connectivity index (χ1v) is 15.9. The molecule has 0 aliphatic heterocycles. The molecule has 234 valence electrons. The summed E-state index contributed by atoms with van der Waals surface area (Å²) in [6, 6.07) is 21.8. The van der Waals surface area contributed by atoms with Crippen LogP contribution in [0.1, 0.15) is 19.2 Å². The SMILES string of the molecule is [2H]c1c([2H])c([2H])c(-c2ccc3oc(-c4ccccc4)c(-c4c5ccccc5c(-c5cccc6oc(-c7c([2H])c([2H])c([2H])c([2H])c7[2H])cc56)c5c([2H])c([2H])c([2H])c([2H])c45)c3c2)c([2H])c1[2H]. The second kappa shape index (κ2) is 11.5. The number of hydrogen-bond donors (Lipinski definition) is 0. The van der Waals surface area contributed by atoms with E-state index in [0.29, 0.717) is 71.9 Å². The molecule has 0 amide bonds. The van der Waals surface area contributed by atoms with Crippen molar-refractivity contribution in [3.05, 3.63) is 182 Å². The van der Waals surface area contributed by atoms with Gasteiger partial charge in [-0.05, 0) is 68.1 Å². The summed E-state index contributed by atoms with van der Waals surface area (Å²) in [7, 11) is 0. The molecular formula is C48H30O2. The third kappa shape index (κ3) is 4.50. The first-order chi connectivity index (χ1) is 30.6. The highest BCUT2D eigenvalue weighted by atomic mass is 16.3. The second-order valence-corrected chi connectivity index (χ2v) is 11.8. The van der Waals surface area contributed by atoms with E-state index in [-0.39, 0.29) is 39.7 Å². The molecule has 0 saturated heterocycles. The van der Waals surface area contributed by atoms with Crippen molar-refractivity contribution in [2.24, 2.45) is 0 Å². The highest BCUT2D eigenvalue weighted by molar-refractivity contribution is 6.26. The summed E-state index contributed by atoms with van der Waals surface area (Å²) in [6.07, 6.45) is 0. The van der Waals surface area contributed by atoms with Gasteiger partial charge in [0.25, 0.3) is 0 Å². The second-order valence-electron chi connectivity index (χ2n) is 11.8. The zero-order valence-electron chi connectivity index (χ0n) is 40.1. The maximum absolute atomic E-state index is 9.63. The summed E-state index contributed by atoms with van der Waals surface area (Å²) in [5, 5.41) is 2.36. The van der Waals surface area contributed by atoms with Crippen LogP contribution in [0.5, 0.6) is 0 Å². The van der Waals surface area contributed by atoms with E-state index in [1.807, 2.05) is 54.6 Å². The van der Waals surface area contributed by atoms with E-state index in [2.05, 4.69) is 0 Å². The lowest BCUT2D eigenvalue weighted by Gasteiger charge is -2.18. The monoisotopic (exact) mass is 652 g/mol. The van der Waals surface area contributed by atoms with Gasteiger partial charge in [0.2, 0.25) is 0 Å². The van der Waals surface area contributed by atoms with Crippen molar-refractivity contribution in [2.75, 3.05) is 0 Å². The van der Waals surface area contributed by atoms with Gasteiger partial charge in [0.05, 0.1) is 19.2 Å². The van der Waals surface area contributed by atoms with Gasteiger partial charge < -0.3 is 8.83 Å². The summed E-state index contributed by atoms with van der Waals surface area (Å²) in [4.78, 5) is 0. The zero-order chi connectivity index (χ0) is 45.2. The van der Waals surface area contributed by atoms with Crippen LogP contribution in [0.25, 0.3) is 99.5 Å². The van der Waals surface area contributed by atoms with Crippen molar-refractivity contribution in [2.45, 2.75) is 0 Å². The molecule has 10 rings (SSSR count). The van der Waals surface area contributed by atoms with Crippen LogP contribution < -0.4 is 0 Å². The summed E-state index contributed by atoms with van der Waals surface area (Å²) in [5.74, 6) is 0.375. The molecule has 0 unspecified atom stereocenters. The third-order valence-electron chi connectivity index (χ3n) is 8.99. The third-order valence-corrected chi connectivity index (χ3v) is 8.99. The van der Waals surface area contributed by atoms with E-state index in [4.69, 9.17) is 25.3 Å². The van der Waals surface area contributed by atoms with Gasteiger partial charge in [-0.3, -0.25) is 0 Å². The Morgan fingerprint density at radius 3 is 1.76 bits per heavy atom. The first-order valence-electron chi connectivity index (χ1n) is 22.9. The molecule has 2 nitrogen and oxygen atoms in total. The zero-order valence-corrected chi connectivity index (χ0v) is 26.1. The molecule has 8 aromatic carbocycles. The predicted octanol–water partition coefficient (Wildman–Crippen LogP) is 13.8. The molecule has 0 saturated carbocycles. The largest absolute Gasteiger partial charge is 0.456 e. The summed E-state index contributed by atoms with van der Waals surface area (Å²) < 4.78 is 135. The number of furan rings is 2. The number of benzene rings is 8. The molecule has 0 aliphatic carbocycles. The molecule has 0 spiro atoms. The van der Waals surface area contributed by atoms with Crippen LogP contribution in [0.4, 0.5) is 0 Å². The standard InChI is InChI=1S/C48H30O2/c1-4-15-31(16-5-1)34-27-28-43-41(29-34)47(48(50-43)33-19-8-3-9-20-33)46-37-23-12-10-21-35(37)45(36-22-11-13-24-38(36)46)39-25-14-26-42-40(39)30-44(49-42)32-17-6-2-7-18-32/h1-30H/i1D,2D,4D,5D,6D,7D,10D,12D,15D,16D,17D,18D,21D,23D. The van der Waals surface area contributed by atoms with Crippen molar-refractivity contribution >= 4 is 43.5 Å². The van der Waals surface area contributed by atoms with E-state index < -0.39 is 72.5 Å². The smallest absolute Gasteiger partial charge is 0.143 e. The molecule has 0 fully saturated rings. The fourth-order valence-electron chi connectivity index (χ4n) is 6.88. The maximum Gasteiger partial charge on any atom is 0.143 e. The fraction of sp³-hybridized carbons (Fsp3) is 0. The number of fused-ring (bicyclic) bond motifs is 4. The topological polar surface area (TPSA) is 26.3 Å². The van der Waals surface area contributed by atoms with Gasteiger partial charge in [-0.1, -0.05) is 157 Å². The minimum Gasteiger partial charge on any atom is -0.456 e. The highest BCUT2D eigenvalue weighted by Crippen LogP contribution is 2.51. The summed E-state index contributed by atoms with van der Waals surface area (Å²) in [5.41, 5.74) is 3.21. The van der Waals surface area contributed by atoms with Crippen LogP contribution in [-0.4, -0.2) is 0 Å². The fourth-order valence-corrected chi connectivity index (χ4v) is 6.88. The maximum atomic E-state index is 9.63. The number of rotatable bonds is 5. The van der Waals surface area contributed by atoms with Gasteiger partial charge in [0, 0.05) is 33.0 Å². The van der Waals surface area contributed by atoms with Crippen LogP contribution in [0.3, 0.4) is 0 Å². The van der Waals surface area contributed by atoms with Crippen molar-refractivity contribution in [1.29, 1.82) is 0 Å². The molecule has 10 aromatic rings. The molecule has 2 aromatic heterocycles. The Hall–Kier alpha value is -6.64. The molecule has 50 heavy (non-hydrogen) atoms. The Balaban J connectivity index is 1.37. The highest BCUT2D eigenvalue weighted by Gasteiger charge is 2.25. The average Bonchev–Trinajstić information content (AvgIpc) is 3.91. The molecule has 0 radical (unpaired) electrons. The normalized spacial score (nSPS) is 15.5. The number of hydrogen-bond acceptors (Lipinski definition) is 2. The molecule has 2 heterocycles. The van der Waals surface area contributed by atoms with Gasteiger partial charge in [0.1, 0.15) is 22.7 Å². The quantitative estimate of drug-likeness (QED) is 0.173. The van der Waals surface area contributed by atoms with Crippen LogP contribution in [-0.2, 0) is 0 Å². The summed E-state index contributed by atoms with van der Waals surface area (Å²) in [6.45, 7) is 0. The molecule has 0 aliphatic rings. The Morgan fingerprint density at radius 1 is 0.360 bits per heavy atom. The molecule has 0 N–H and O–H groups in total. The van der Waals surface area contributed by atoms with Crippen molar-refractivity contribution in [1.82, 2.24) is 0 Å². The Bertz CT molecular complexity index is 3610. The minimum atomic E-state index is -0.547. The average molecular weight is 653 g/mol. The van der Waals surface area contributed by atoms with Gasteiger partial charge in [-0.2, -0.15) is 0 Å². The van der Waals surface area contributed by atoms with Crippen LogP contribution >= 0.6 is 0 Å². The van der Waals surface area contributed by atoms with Crippen LogP contribution in [0, 0.1) is 0 Å². The Morgan fingerprint density at radius 2 is 1.00 bits per heavy atom. The summed E-state index contributed by atoms with van der Waals surface area (Å²) >= 11 is 0. The lowest BCUT2D eigenvalue weighted by Crippen LogP contribution is -1.92. The van der Waals surface area contributed by atoms with Crippen molar-refractivity contribution in [3.63, 3.8) is 0 Å². The van der Waals surface area contributed by atoms with E-state index in [9.17, 15) is 2.74 Å². The molecular weight excluding hydrogens is 609 g/mol. The minimum absolute atomic E-state index is 0.0128. The van der Waals surface area contributed by atoms with Crippen LogP contribution in [0.2, 0.25) is 0 Å². The van der Waals surface area contributed by atoms with Crippen molar-refractivity contribution < 1.29 is 28.0 Å².